The lowest BCUT2D eigenvalue weighted by atomic mass is 9.78. The highest BCUT2D eigenvalue weighted by Crippen LogP contribution is 2.35. The van der Waals surface area contributed by atoms with E-state index in [0.717, 1.165) is 29.6 Å². The van der Waals surface area contributed by atoms with Crippen molar-refractivity contribution < 1.29 is 9.53 Å². The summed E-state index contributed by atoms with van der Waals surface area (Å²) >= 11 is 0. The fourth-order valence-corrected chi connectivity index (χ4v) is 3.46. The number of fused-ring (bicyclic) bond motifs is 1. The highest BCUT2D eigenvalue weighted by Gasteiger charge is 2.32. The minimum absolute atomic E-state index is 0.0284. The molecule has 0 saturated heterocycles. The highest BCUT2D eigenvalue weighted by atomic mass is 16.5. The summed E-state index contributed by atoms with van der Waals surface area (Å²) in [6.07, 6.45) is 3.77. The molecule has 0 aliphatic heterocycles. The van der Waals surface area contributed by atoms with E-state index in [2.05, 4.69) is 25.3 Å². The van der Waals surface area contributed by atoms with Crippen LogP contribution in [0.25, 0.3) is 11.0 Å². The van der Waals surface area contributed by atoms with E-state index < -0.39 is 0 Å². The van der Waals surface area contributed by atoms with Crippen molar-refractivity contribution in [1.29, 1.82) is 0 Å². The van der Waals surface area contributed by atoms with Crippen molar-refractivity contribution in [3.05, 3.63) is 58.4 Å². The van der Waals surface area contributed by atoms with Crippen LogP contribution in [-0.4, -0.2) is 39.0 Å². The molecule has 1 saturated carbocycles. The molecule has 1 fully saturated rings. The molecule has 2 aromatic heterocycles. The van der Waals surface area contributed by atoms with Gasteiger partial charge in [0.2, 0.25) is 11.8 Å². The lowest BCUT2D eigenvalue weighted by Crippen LogP contribution is -2.43. The van der Waals surface area contributed by atoms with Crippen molar-refractivity contribution in [2.45, 2.75) is 37.6 Å². The molecule has 4 rings (SSSR count). The van der Waals surface area contributed by atoms with Crippen LogP contribution in [0.15, 0.2) is 41.5 Å². The van der Waals surface area contributed by atoms with Gasteiger partial charge in [0.25, 0.3) is 5.56 Å². The Bertz CT molecular complexity index is 1060. The molecule has 0 atom stereocenters. The van der Waals surface area contributed by atoms with E-state index in [0.29, 0.717) is 24.4 Å². The van der Waals surface area contributed by atoms with Crippen molar-refractivity contribution in [1.82, 2.24) is 25.3 Å². The molecule has 144 valence electrons. The Kier molecular flexibility index (Phi) is 5.01. The van der Waals surface area contributed by atoms with Crippen LogP contribution in [0.3, 0.4) is 0 Å². The van der Waals surface area contributed by atoms with Gasteiger partial charge in [-0.15, -0.1) is 0 Å². The maximum absolute atomic E-state index is 12.3. The van der Waals surface area contributed by atoms with Gasteiger partial charge in [0.1, 0.15) is 5.69 Å². The number of nitrogens with zero attached hydrogens (tertiary/aromatic N) is 3. The number of methoxy groups -OCH3 is 1. The Morgan fingerprint density at radius 3 is 2.71 bits per heavy atom. The van der Waals surface area contributed by atoms with Crippen molar-refractivity contribution in [2.24, 2.45) is 0 Å². The van der Waals surface area contributed by atoms with Crippen LogP contribution < -0.4 is 15.6 Å². The summed E-state index contributed by atoms with van der Waals surface area (Å²) in [7, 11) is 1.56. The molecule has 1 amide bonds. The molecule has 1 aromatic carbocycles. The molecule has 8 nitrogen and oxygen atoms in total. The van der Waals surface area contributed by atoms with Crippen LogP contribution in [0.4, 0.5) is 0 Å². The van der Waals surface area contributed by atoms with Gasteiger partial charge < -0.3 is 15.0 Å². The summed E-state index contributed by atoms with van der Waals surface area (Å²) in [6, 6.07) is 9.21. The van der Waals surface area contributed by atoms with E-state index >= 15 is 0 Å². The Hall–Kier alpha value is -3.29. The van der Waals surface area contributed by atoms with Gasteiger partial charge >= 0.3 is 0 Å². The lowest BCUT2D eigenvalue weighted by molar-refractivity contribution is -0.122. The quantitative estimate of drug-likeness (QED) is 0.675. The molecule has 8 heteroatoms. The normalized spacial score (nSPS) is 18.5. The molecule has 2 N–H and O–H groups in total. The zero-order chi connectivity index (χ0) is 19.5. The monoisotopic (exact) mass is 379 g/mol. The molecule has 1 aliphatic carbocycles. The van der Waals surface area contributed by atoms with Gasteiger partial charge in [0.05, 0.1) is 30.2 Å². The van der Waals surface area contributed by atoms with Crippen molar-refractivity contribution in [3.63, 3.8) is 0 Å². The van der Waals surface area contributed by atoms with Gasteiger partial charge in [-0.3, -0.25) is 9.59 Å². The van der Waals surface area contributed by atoms with E-state index in [1.54, 1.807) is 7.11 Å². The predicted octanol–water partition coefficient (Wildman–Crippen LogP) is 1.72. The van der Waals surface area contributed by atoms with Gasteiger partial charge in [-0.2, -0.15) is 0 Å². The molecular formula is C20H21N5O3. The molecule has 28 heavy (non-hydrogen) atoms. The number of rotatable bonds is 6. The van der Waals surface area contributed by atoms with Crippen molar-refractivity contribution >= 4 is 16.9 Å². The maximum Gasteiger partial charge on any atom is 0.250 e. The zero-order valence-corrected chi connectivity index (χ0v) is 15.5. The number of aromatic amines is 1. The summed E-state index contributed by atoms with van der Waals surface area (Å²) in [4.78, 5) is 39.4. The molecular weight excluding hydrogens is 358 g/mol. The molecule has 0 radical (unpaired) electrons. The first-order valence-corrected chi connectivity index (χ1v) is 9.26. The lowest BCUT2D eigenvalue weighted by Gasteiger charge is -2.35. The number of hydrogen-bond donors (Lipinski definition) is 2. The number of benzene rings is 1. The fraction of sp³-hybridized carbons (Fsp3) is 0.350. The van der Waals surface area contributed by atoms with Crippen molar-refractivity contribution in [3.8, 4) is 5.88 Å². The third-order valence-corrected chi connectivity index (χ3v) is 5.01. The van der Waals surface area contributed by atoms with E-state index in [1.165, 1.54) is 12.4 Å². The van der Waals surface area contributed by atoms with Gasteiger partial charge in [-0.25, -0.2) is 15.0 Å². The summed E-state index contributed by atoms with van der Waals surface area (Å²) < 4.78 is 5.33. The maximum atomic E-state index is 12.3. The molecule has 3 aromatic rings. The smallest absolute Gasteiger partial charge is 0.250 e. The highest BCUT2D eigenvalue weighted by molar-refractivity contribution is 5.77. The number of H-pyrrole nitrogens is 1. The number of nitrogens with one attached hydrogen (secondary N) is 2. The largest absolute Gasteiger partial charge is 0.480 e. The molecule has 2 heterocycles. The Balaban J connectivity index is 1.32. The first kappa shape index (κ1) is 18.1. The van der Waals surface area contributed by atoms with Gasteiger partial charge in [0.15, 0.2) is 0 Å². The van der Waals surface area contributed by atoms with Crippen LogP contribution in [0, 0.1) is 0 Å². The topological polar surface area (TPSA) is 110 Å². The third-order valence-electron chi connectivity index (χ3n) is 5.01. The van der Waals surface area contributed by atoms with Crippen molar-refractivity contribution in [2.75, 3.05) is 7.11 Å². The molecule has 0 unspecified atom stereocenters. The zero-order valence-electron chi connectivity index (χ0n) is 15.5. The third kappa shape index (κ3) is 3.85. The molecule has 0 spiro atoms. The van der Waals surface area contributed by atoms with E-state index in [4.69, 9.17) is 4.74 Å². The van der Waals surface area contributed by atoms with E-state index in [9.17, 15) is 9.59 Å². The first-order chi connectivity index (χ1) is 13.6. The Labute approximate surface area is 161 Å². The molecule has 1 aliphatic rings. The minimum atomic E-state index is -0.150. The van der Waals surface area contributed by atoms with Crippen LogP contribution in [0.1, 0.15) is 36.6 Å². The second-order valence-corrected chi connectivity index (χ2v) is 6.94. The number of aromatic nitrogens is 4. The Morgan fingerprint density at radius 2 is 2.00 bits per heavy atom. The van der Waals surface area contributed by atoms with Crippen LogP contribution in [-0.2, 0) is 11.2 Å². The van der Waals surface area contributed by atoms with Crippen LogP contribution in [0.5, 0.6) is 5.88 Å². The molecule has 0 bridgehead atoms. The standard InChI is InChI=1S/C20H21N5O3/c1-28-20-16(24-14-4-2-3-5-15(14)25-20)6-7-18(26)23-13-8-12(9-13)17-10-19(27)22-11-21-17/h2-5,10-13H,6-9H2,1H3,(H,23,26)(H,21,22,27). The average molecular weight is 379 g/mol. The van der Waals surface area contributed by atoms with E-state index in [-0.39, 0.29) is 23.4 Å². The van der Waals surface area contributed by atoms with Gasteiger partial charge in [-0.1, -0.05) is 12.1 Å². The number of carbonyl (C=O) groups is 1. The number of aryl methyl sites for hydroxylation is 1. The summed E-state index contributed by atoms with van der Waals surface area (Å²) in [6.45, 7) is 0. The summed E-state index contributed by atoms with van der Waals surface area (Å²) in [5.41, 5.74) is 2.86. The van der Waals surface area contributed by atoms with E-state index in [1.807, 2.05) is 24.3 Å². The first-order valence-electron chi connectivity index (χ1n) is 9.26. The van der Waals surface area contributed by atoms with Crippen LogP contribution >= 0.6 is 0 Å². The Morgan fingerprint density at radius 1 is 1.25 bits per heavy atom. The summed E-state index contributed by atoms with van der Waals surface area (Å²) in [5, 5.41) is 3.03. The minimum Gasteiger partial charge on any atom is -0.480 e. The number of ether oxygens (including phenoxy) is 1. The number of carbonyl (C=O) groups excluding carboxylic acids is 1. The number of hydrogen-bond acceptors (Lipinski definition) is 6. The SMILES string of the molecule is COc1nc2ccccc2nc1CCC(=O)NC1CC(c2cc(=O)[nH]cn2)C1. The van der Waals surface area contributed by atoms with Crippen LogP contribution in [0.2, 0.25) is 0 Å². The second-order valence-electron chi connectivity index (χ2n) is 6.94. The number of para-hydroxylation sites is 2. The number of amides is 1. The second kappa shape index (κ2) is 7.75. The fourth-order valence-electron chi connectivity index (χ4n) is 3.46. The average Bonchev–Trinajstić information content (AvgIpc) is 2.68. The predicted molar refractivity (Wildman–Crippen MR) is 103 cm³/mol. The summed E-state index contributed by atoms with van der Waals surface area (Å²) in [5.74, 6) is 0.647. The van der Waals surface area contributed by atoms with Gasteiger partial charge in [-0.05, 0) is 25.0 Å². The van der Waals surface area contributed by atoms with Gasteiger partial charge in [0, 0.05) is 30.9 Å².